The second-order valence-corrected chi connectivity index (χ2v) is 7.05. The zero-order chi connectivity index (χ0) is 17.9. The van der Waals surface area contributed by atoms with Crippen molar-refractivity contribution in [3.05, 3.63) is 17.0 Å². The molecule has 0 aromatic carbocycles. The number of rotatable bonds is 10. The fourth-order valence-electron chi connectivity index (χ4n) is 2.94. The van der Waals surface area contributed by atoms with Gasteiger partial charge in [0.05, 0.1) is 5.69 Å². The summed E-state index contributed by atoms with van der Waals surface area (Å²) >= 11 is 0. The Morgan fingerprint density at radius 1 is 1.08 bits per heavy atom. The molecule has 2 N–H and O–H groups in total. The van der Waals surface area contributed by atoms with Crippen molar-refractivity contribution in [2.24, 2.45) is 18.0 Å². The third-order valence-corrected chi connectivity index (χ3v) is 4.55. The smallest absolute Gasteiger partial charge is 0.190 e. The van der Waals surface area contributed by atoms with Gasteiger partial charge in [-0.3, -0.25) is 9.67 Å². The van der Waals surface area contributed by atoms with Gasteiger partial charge < -0.3 is 10.6 Å². The number of halogens is 1. The molecule has 0 aliphatic carbocycles. The largest absolute Gasteiger partial charge is 0.356 e. The number of aliphatic imine (C=N–C) groups is 1. The first-order chi connectivity index (χ1) is 11.5. The highest BCUT2D eigenvalue weighted by Gasteiger charge is 2.08. The first-order valence-corrected chi connectivity index (χ1v) is 9.39. The standard InChI is InChI=1S/C19H37N5.HI/c1-15(2)11-9-7-8-10-13-21-19(20-5)22-14-12-18-16(3)23-24(6)17(18)4;/h15H,7-14H2,1-6H3,(H2,20,21,22);1H. The molecule has 0 amide bonds. The molecular weight excluding hydrogens is 425 g/mol. The average Bonchev–Trinajstić information content (AvgIpc) is 2.77. The molecule has 0 saturated heterocycles. The maximum Gasteiger partial charge on any atom is 0.190 e. The summed E-state index contributed by atoms with van der Waals surface area (Å²) in [5.41, 5.74) is 3.71. The number of aryl methyl sites for hydroxylation is 2. The molecule has 0 bridgehead atoms. The van der Waals surface area contributed by atoms with Gasteiger partial charge in [-0.2, -0.15) is 5.10 Å². The van der Waals surface area contributed by atoms with Crippen molar-refractivity contribution in [3.8, 4) is 0 Å². The van der Waals surface area contributed by atoms with E-state index in [0.717, 1.165) is 37.1 Å². The van der Waals surface area contributed by atoms with Crippen LogP contribution in [0, 0.1) is 19.8 Å². The van der Waals surface area contributed by atoms with Crippen LogP contribution in [0.25, 0.3) is 0 Å². The SMILES string of the molecule is CN=C(NCCCCCCC(C)C)NCCc1c(C)nn(C)c1C.I. The molecule has 0 aliphatic heterocycles. The summed E-state index contributed by atoms with van der Waals surface area (Å²) in [5.74, 6) is 1.73. The fourth-order valence-corrected chi connectivity index (χ4v) is 2.94. The van der Waals surface area contributed by atoms with Gasteiger partial charge in [0, 0.05) is 32.9 Å². The minimum absolute atomic E-state index is 0. The molecule has 0 fully saturated rings. The Labute approximate surface area is 171 Å². The van der Waals surface area contributed by atoms with Crippen LogP contribution in [0.1, 0.15) is 62.9 Å². The highest BCUT2D eigenvalue weighted by atomic mass is 127. The lowest BCUT2D eigenvalue weighted by molar-refractivity contribution is 0.518. The van der Waals surface area contributed by atoms with Crippen LogP contribution in [-0.4, -0.2) is 35.9 Å². The van der Waals surface area contributed by atoms with E-state index in [0.29, 0.717) is 0 Å². The van der Waals surface area contributed by atoms with Gasteiger partial charge in [0.2, 0.25) is 0 Å². The van der Waals surface area contributed by atoms with Gasteiger partial charge in [-0.05, 0) is 38.2 Å². The van der Waals surface area contributed by atoms with Crippen LogP contribution < -0.4 is 10.6 Å². The zero-order valence-corrected chi connectivity index (χ0v) is 19.3. The third kappa shape index (κ3) is 9.47. The average molecular weight is 463 g/mol. The summed E-state index contributed by atoms with van der Waals surface area (Å²) in [6, 6.07) is 0. The van der Waals surface area contributed by atoms with Gasteiger partial charge in [0.15, 0.2) is 5.96 Å². The van der Waals surface area contributed by atoms with E-state index in [2.05, 4.69) is 48.4 Å². The summed E-state index contributed by atoms with van der Waals surface area (Å²) < 4.78 is 1.96. The van der Waals surface area contributed by atoms with Crippen molar-refractivity contribution in [1.82, 2.24) is 20.4 Å². The second kappa shape index (κ2) is 13.4. The van der Waals surface area contributed by atoms with Crippen LogP contribution >= 0.6 is 24.0 Å². The van der Waals surface area contributed by atoms with Crippen molar-refractivity contribution in [3.63, 3.8) is 0 Å². The molecule has 1 rings (SSSR count). The monoisotopic (exact) mass is 463 g/mol. The summed E-state index contributed by atoms with van der Waals surface area (Å²) in [6.45, 7) is 10.7. The van der Waals surface area contributed by atoms with E-state index in [1.165, 1.54) is 43.4 Å². The molecule has 0 atom stereocenters. The van der Waals surface area contributed by atoms with Gasteiger partial charge in [0.1, 0.15) is 0 Å². The summed E-state index contributed by atoms with van der Waals surface area (Å²) in [6.07, 6.45) is 7.52. The second-order valence-electron chi connectivity index (χ2n) is 7.05. The van der Waals surface area contributed by atoms with Crippen LogP contribution in [-0.2, 0) is 13.5 Å². The van der Waals surface area contributed by atoms with Crippen molar-refractivity contribution < 1.29 is 0 Å². The number of nitrogens with one attached hydrogen (secondary N) is 2. The number of nitrogens with zero attached hydrogens (tertiary/aromatic N) is 3. The lowest BCUT2D eigenvalue weighted by Gasteiger charge is -2.12. The first-order valence-electron chi connectivity index (χ1n) is 9.39. The summed E-state index contributed by atoms with van der Waals surface area (Å²) in [7, 11) is 3.83. The van der Waals surface area contributed by atoms with E-state index < -0.39 is 0 Å². The molecule has 0 saturated carbocycles. The van der Waals surface area contributed by atoms with E-state index in [9.17, 15) is 0 Å². The molecule has 1 aromatic rings. The number of unbranched alkanes of at least 4 members (excludes halogenated alkanes) is 3. The van der Waals surface area contributed by atoms with E-state index in [4.69, 9.17) is 0 Å². The van der Waals surface area contributed by atoms with Gasteiger partial charge in [-0.25, -0.2) is 0 Å². The Morgan fingerprint density at radius 3 is 2.28 bits per heavy atom. The predicted octanol–water partition coefficient (Wildman–Crippen LogP) is 3.97. The van der Waals surface area contributed by atoms with Gasteiger partial charge >= 0.3 is 0 Å². The molecule has 5 nitrogen and oxygen atoms in total. The molecule has 6 heteroatoms. The van der Waals surface area contributed by atoms with E-state index in [-0.39, 0.29) is 24.0 Å². The molecule has 0 radical (unpaired) electrons. The maximum absolute atomic E-state index is 4.47. The van der Waals surface area contributed by atoms with Crippen LogP contribution in [0.4, 0.5) is 0 Å². The van der Waals surface area contributed by atoms with Crippen molar-refractivity contribution in [2.75, 3.05) is 20.1 Å². The van der Waals surface area contributed by atoms with Gasteiger partial charge in [-0.15, -0.1) is 24.0 Å². The molecular formula is C19H38IN5. The number of guanidine groups is 1. The number of hydrogen-bond acceptors (Lipinski definition) is 2. The van der Waals surface area contributed by atoms with Crippen molar-refractivity contribution in [2.45, 2.75) is 66.2 Å². The van der Waals surface area contributed by atoms with Crippen LogP contribution in [0.2, 0.25) is 0 Å². The quantitative estimate of drug-likeness (QED) is 0.239. The molecule has 146 valence electrons. The fraction of sp³-hybridized carbons (Fsp3) is 0.789. The Kier molecular flexibility index (Phi) is 13.0. The predicted molar refractivity (Wildman–Crippen MR) is 119 cm³/mol. The number of hydrogen-bond donors (Lipinski definition) is 2. The van der Waals surface area contributed by atoms with Crippen molar-refractivity contribution >= 4 is 29.9 Å². The Balaban J connectivity index is 0.00000576. The van der Waals surface area contributed by atoms with Crippen LogP contribution in [0.3, 0.4) is 0 Å². The number of aromatic nitrogens is 2. The van der Waals surface area contributed by atoms with Crippen LogP contribution in [0.5, 0.6) is 0 Å². The van der Waals surface area contributed by atoms with E-state index in [1.54, 1.807) is 0 Å². The van der Waals surface area contributed by atoms with E-state index >= 15 is 0 Å². The lowest BCUT2D eigenvalue weighted by atomic mass is 10.0. The molecule has 0 spiro atoms. The lowest BCUT2D eigenvalue weighted by Crippen LogP contribution is -2.38. The topological polar surface area (TPSA) is 54.2 Å². The minimum atomic E-state index is 0. The summed E-state index contributed by atoms with van der Waals surface area (Å²) in [4.78, 5) is 4.30. The minimum Gasteiger partial charge on any atom is -0.356 e. The molecule has 1 aromatic heterocycles. The molecule has 1 heterocycles. The zero-order valence-electron chi connectivity index (χ0n) is 17.0. The van der Waals surface area contributed by atoms with Crippen molar-refractivity contribution in [1.29, 1.82) is 0 Å². The third-order valence-electron chi connectivity index (χ3n) is 4.55. The van der Waals surface area contributed by atoms with E-state index in [1.807, 2.05) is 18.8 Å². The van der Waals surface area contributed by atoms with Gasteiger partial charge in [0.25, 0.3) is 0 Å². The highest BCUT2D eigenvalue weighted by molar-refractivity contribution is 14.0. The van der Waals surface area contributed by atoms with Gasteiger partial charge in [-0.1, -0.05) is 39.5 Å². The normalized spacial score (nSPS) is 11.6. The molecule has 0 unspecified atom stereocenters. The highest BCUT2D eigenvalue weighted by Crippen LogP contribution is 2.12. The molecule has 25 heavy (non-hydrogen) atoms. The Morgan fingerprint density at radius 2 is 1.72 bits per heavy atom. The Hall–Kier alpha value is -0.790. The maximum atomic E-state index is 4.47. The molecule has 0 aliphatic rings. The van der Waals surface area contributed by atoms with Crippen LogP contribution in [0.15, 0.2) is 4.99 Å². The Bertz CT molecular complexity index is 508. The first kappa shape index (κ1) is 24.2. The summed E-state index contributed by atoms with van der Waals surface area (Å²) in [5, 5.41) is 11.3.